The molecule has 1 N–H and O–H groups in total. The molecule has 1 fully saturated rings. The van der Waals surface area contributed by atoms with Gasteiger partial charge in [-0.05, 0) is 55.6 Å². The second-order valence-electron chi connectivity index (χ2n) is 9.82. The molecule has 6 nitrogen and oxygen atoms in total. The van der Waals surface area contributed by atoms with E-state index in [1.807, 2.05) is 72.8 Å². The van der Waals surface area contributed by atoms with Crippen LogP contribution in [0.5, 0.6) is 5.75 Å². The maximum Gasteiger partial charge on any atom is 0.262 e. The minimum atomic E-state index is -0.772. The molecule has 2 heterocycles. The lowest BCUT2D eigenvalue weighted by Crippen LogP contribution is -2.53. The Morgan fingerprint density at radius 1 is 0.921 bits per heavy atom. The predicted octanol–water partition coefficient (Wildman–Crippen LogP) is 5.36. The van der Waals surface area contributed by atoms with Gasteiger partial charge >= 0.3 is 0 Å². The zero-order valence-corrected chi connectivity index (χ0v) is 22.6. The summed E-state index contributed by atoms with van der Waals surface area (Å²) in [4.78, 5) is 30.9. The van der Waals surface area contributed by atoms with Crippen LogP contribution >= 0.6 is 23.2 Å². The number of fused-ring (bicyclic) bond motifs is 1. The van der Waals surface area contributed by atoms with E-state index in [-0.39, 0.29) is 24.3 Å². The molecule has 1 saturated heterocycles. The average Bonchev–Trinajstić information content (AvgIpc) is 2.95. The lowest BCUT2D eigenvalue weighted by atomic mass is 9.95. The quantitative estimate of drug-likeness (QED) is 0.429. The van der Waals surface area contributed by atoms with Crippen LogP contribution in [0.15, 0.2) is 72.8 Å². The number of piperidine rings is 1. The second-order valence-corrected chi connectivity index (χ2v) is 10.6. The maximum atomic E-state index is 13.9. The van der Waals surface area contributed by atoms with E-state index >= 15 is 0 Å². The van der Waals surface area contributed by atoms with Crippen LogP contribution in [0.1, 0.15) is 24.0 Å². The first-order valence-electron chi connectivity index (χ1n) is 13.0. The Bertz CT molecular complexity index is 1270. The van der Waals surface area contributed by atoms with Gasteiger partial charge in [0.25, 0.3) is 5.91 Å². The normalized spacial score (nSPS) is 19.4. The number of hydrogen-bond acceptors (Lipinski definition) is 4. The van der Waals surface area contributed by atoms with E-state index in [2.05, 4.69) is 10.2 Å². The number of hydrogen-bond donors (Lipinski definition) is 1. The lowest BCUT2D eigenvalue weighted by Gasteiger charge is -2.39. The van der Waals surface area contributed by atoms with Gasteiger partial charge < -0.3 is 15.0 Å². The smallest absolute Gasteiger partial charge is 0.262 e. The molecule has 3 aromatic carbocycles. The van der Waals surface area contributed by atoms with Crippen molar-refractivity contribution in [1.29, 1.82) is 0 Å². The van der Waals surface area contributed by atoms with Gasteiger partial charge in [0.1, 0.15) is 5.75 Å². The number of nitrogens with one attached hydrogen (secondary N) is 1. The van der Waals surface area contributed by atoms with Crippen LogP contribution in [0.3, 0.4) is 0 Å². The molecule has 2 atom stereocenters. The Hall–Kier alpha value is -3.06. The summed E-state index contributed by atoms with van der Waals surface area (Å²) >= 11 is 12.8. The van der Waals surface area contributed by atoms with Gasteiger partial charge in [0.15, 0.2) is 6.10 Å². The number of para-hydroxylation sites is 2. The Morgan fingerprint density at radius 2 is 1.66 bits per heavy atom. The molecular formula is C30H31Cl2N3O3. The van der Waals surface area contributed by atoms with Crippen molar-refractivity contribution in [2.24, 2.45) is 5.92 Å². The van der Waals surface area contributed by atoms with Crippen LogP contribution in [-0.2, 0) is 22.6 Å². The van der Waals surface area contributed by atoms with Crippen molar-refractivity contribution in [1.82, 2.24) is 10.2 Å². The zero-order chi connectivity index (χ0) is 26.5. The van der Waals surface area contributed by atoms with E-state index in [1.165, 1.54) is 0 Å². The summed E-state index contributed by atoms with van der Waals surface area (Å²) in [7, 11) is 0. The van der Waals surface area contributed by atoms with Gasteiger partial charge in [-0.3, -0.25) is 14.5 Å². The summed E-state index contributed by atoms with van der Waals surface area (Å²) in [6.07, 6.45) is 1.64. The first-order valence-corrected chi connectivity index (χ1v) is 13.8. The molecule has 2 aliphatic rings. The Morgan fingerprint density at radius 3 is 2.45 bits per heavy atom. The molecule has 0 spiro atoms. The molecule has 198 valence electrons. The molecule has 2 amide bonds. The molecule has 2 aliphatic heterocycles. The van der Waals surface area contributed by atoms with Crippen molar-refractivity contribution in [2.45, 2.75) is 31.9 Å². The number of ether oxygens (including phenoxy) is 1. The lowest BCUT2D eigenvalue weighted by molar-refractivity contribution is -0.129. The van der Waals surface area contributed by atoms with Crippen LogP contribution in [0.25, 0.3) is 0 Å². The number of halogens is 2. The minimum absolute atomic E-state index is 0.0118. The molecule has 38 heavy (non-hydrogen) atoms. The van der Waals surface area contributed by atoms with E-state index in [0.29, 0.717) is 41.1 Å². The van der Waals surface area contributed by atoms with Crippen LogP contribution < -0.4 is 15.0 Å². The molecule has 0 aliphatic carbocycles. The summed E-state index contributed by atoms with van der Waals surface area (Å²) < 4.78 is 6.05. The van der Waals surface area contributed by atoms with Gasteiger partial charge in [0.2, 0.25) is 5.91 Å². The highest BCUT2D eigenvalue weighted by Gasteiger charge is 2.37. The average molecular weight is 553 g/mol. The van der Waals surface area contributed by atoms with E-state index in [1.54, 1.807) is 4.90 Å². The van der Waals surface area contributed by atoms with Gasteiger partial charge in [-0.25, -0.2) is 0 Å². The number of nitrogens with zero attached hydrogens (tertiary/aromatic N) is 2. The van der Waals surface area contributed by atoms with Crippen molar-refractivity contribution < 1.29 is 14.3 Å². The predicted molar refractivity (Wildman–Crippen MR) is 151 cm³/mol. The minimum Gasteiger partial charge on any atom is -0.477 e. The molecule has 8 heteroatoms. The van der Waals surface area contributed by atoms with Crippen molar-refractivity contribution in [3.63, 3.8) is 0 Å². The van der Waals surface area contributed by atoms with E-state index in [0.717, 1.165) is 36.9 Å². The van der Waals surface area contributed by atoms with Crippen molar-refractivity contribution in [2.75, 3.05) is 31.1 Å². The van der Waals surface area contributed by atoms with Gasteiger partial charge in [0.05, 0.1) is 18.2 Å². The van der Waals surface area contributed by atoms with Crippen molar-refractivity contribution in [3.8, 4) is 5.75 Å². The van der Waals surface area contributed by atoms with Crippen LogP contribution in [0.4, 0.5) is 5.69 Å². The number of carbonyl (C=O) groups excluding carboxylic acids is 2. The molecule has 3 aromatic rings. The second kappa shape index (κ2) is 12.2. The van der Waals surface area contributed by atoms with Crippen LogP contribution in [0, 0.1) is 5.92 Å². The third-order valence-corrected chi connectivity index (χ3v) is 7.89. The summed E-state index contributed by atoms with van der Waals surface area (Å²) in [5, 5.41) is 4.25. The van der Waals surface area contributed by atoms with Crippen molar-refractivity contribution >= 4 is 40.7 Å². The third-order valence-electron chi connectivity index (χ3n) is 7.19. The van der Waals surface area contributed by atoms with Gasteiger partial charge in [-0.1, -0.05) is 71.7 Å². The standard InChI is InChI=1S/C30H31Cl2N3O3/c31-24-11-6-12-25(32)23(24)19-34-17-7-10-22(18-34)30(37)35-20-28(38-27-14-5-4-13-26(27)35)29(36)33-16-15-21-8-2-1-3-9-21/h1-6,8-9,11-14,22,28H,7,10,15-20H2,(H,33,36)/t22-,28-/m0/s1. The van der Waals surface area contributed by atoms with Crippen LogP contribution in [0.2, 0.25) is 10.0 Å². The van der Waals surface area contributed by atoms with E-state index in [4.69, 9.17) is 27.9 Å². The van der Waals surface area contributed by atoms with Gasteiger partial charge in [0, 0.05) is 35.2 Å². The summed E-state index contributed by atoms with van der Waals surface area (Å²) in [5.41, 5.74) is 2.74. The highest BCUT2D eigenvalue weighted by molar-refractivity contribution is 6.35. The number of anilines is 1. The van der Waals surface area contributed by atoms with Gasteiger partial charge in [-0.2, -0.15) is 0 Å². The fourth-order valence-corrected chi connectivity index (χ4v) is 5.71. The third kappa shape index (κ3) is 6.15. The first-order chi connectivity index (χ1) is 18.5. The Kier molecular flexibility index (Phi) is 8.52. The van der Waals surface area contributed by atoms with E-state index in [9.17, 15) is 9.59 Å². The SMILES string of the molecule is O=C(NCCc1ccccc1)[C@@H]1CN(C(=O)[C@H]2CCCN(Cc3c(Cl)cccc3Cl)C2)c2ccccc2O1. The maximum absolute atomic E-state index is 13.9. The molecule has 0 unspecified atom stereocenters. The summed E-state index contributed by atoms with van der Waals surface area (Å²) in [6.45, 7) is 2.75. The fourth-order valence-electron chi connectivity index (χ4n) is 5.20. The molecule has 0 saturated carbocycles. The Labute approximate surface area is 233 Å². The Balaban J connectivity index is 1.26. The number of amides is 2. The van der Waals surface area contributed by atoms with Gasteiger partial charge in [-0.15, -0.1) is 0 Å². The molecule has 0 bridgehead atoms. The topological polar surface area (TPSA) is 61.9 Å². The number of benzene rings is 3. The molecule has 0 aromatic heterocycles. The molecular weight excluding hydrogens is 521 g/mol. The van der Waals surface area contributed by atoms with Crippen LogP contribution in [-0.4, -0.2) is 49.0 Å². The van der Waals surface area contributed by atoms with E-state index < -0.39 is 6.10 Å². The highest BCUT2D eigenvalue weighted by Crippen LogP contribution is 2.35. The molecule has 5 rings (SSSR count). The first kappa shape index (κ1) is 26.5. The zero-order valence-electron chi connectivity index (χ0n) is 21.1. The largest absolute Gasteiger partial charge is 0.477 e. The fraction of sp³-hybridized carbons (Fsp3) is 0.333. The van der Waals surface area contributed by atoms with Crippen molar-refractivity contribution in [3.05, 3.63) is 94.0 Å². The highest BCUT2D eigenvalue weighted by atomic mass is 35.5. The summed E-state index contributed by atoms with van der Waals surface area (Å²) in [6, 6.07) is 22.9. The summed E-state index contributed by atoms with van der Waals surface area (Å²) in [5.74, 6) is 0.147. The monoisotopic (exact) mass is 551 g/mol. The number of likely N-dealkylation sites (tertiary alicyclic amines) is 1. The number of carbonyl (C=O) groups is 2. The molecule has 0 radical (unpaired) electrons. The number of rotatable bonds is 7.